The molecule has 0 bridgehead atoms. The van der Waals surface area contributed by atoms with Crippen LogP contribution in [0.3, 0.4) is 0 Å². The van der Waals surface area contributed by atoms with E-state index in [4.69, 9.17) is 29.3 Å². The molecule has 0 aromatic heterocycles. The molecule has 0 amide bonds. The Morgan fingerprint density at radius 1 is 0.750 bits per heavy atom. The zero-order valence-corrected chi connectivity index (χ0v) is 12.6. The van der Waals surface area contributed by atoms with Crippen LogP contribution in [0, 0.1) is 13.8 Å². The van der Waals surface area contributed by atoms with Gasteiger partial charge in [-0.25, -0.2) is 0 Å². The molecule has 2 heterocycles. The fourth-order valence-corrected chi connectivity index (χ4v) is 5.40. The first kappa shape index (κ1) is 12.1. The molecule has 0 radical (unpaired) electrons. The fourth-order valence-electron chi connectivity index (χ4n) is 2.35. The summed E-state index contributed by atoms with van der Waals surface area (Å²) in [6, 6.07) is 11.2. The number of para-hydroxylation sites is 2. The van der Waals surface area contributed by atoms with Crippen LogP contribution in [0.25, 0.3) is 0 Å². The van der Waals surface area contributed by atoms with Gasteiger partial charge in [0.25, 0.3) is 0 Å². The number of hydrogen-bond acceptors (Lipinski definition) is 4. The van der Waals surface area contributed by atoms with E-state index >= 15 is 0 Å². The topological polar surface area (TPSA) is 36.9 Å². The zero-order valence-electron chi connectivity index (χ0n) is 10.9. The number of aryl methyl sites for hydroxylation is 2. The van der Waals surface area contributed by atoms with Gasteiger partial charge in [-0.1, -0.05) is 0 Å². The van der Waals surface area contributed by atoms with Gasteiger partial charge in [0.2, 0.25) is 0 Å². The molecular weight excluding hydrogens is 299 g/mol. The van der Waals surface area contributed by atoms with Crippen molar-refractivity contribution >= 4 is 18.1 Å². The Bertz CT molecular complexity index is 684. The first-order valence-corrected chi connectivity index (χ1v) is 9.02. The molecule has 2 aromatic carbocycles. The molecule has 0 atom stereocenters. The van der Waals surface area contributed by atoms with Crippen LogP contribution >= 0.6 is 18.1 Å². The Balaban J connectivity index is 1.82. The van der Waals surface area contributed by atoms with Gasteiger partial charge in [0.15, 0.2) is 0 Å². The van der Waals surface area contributed by atoms with Gasteiger partial charge in [-0.3, -0.25) is 0 Å². The third-order valence-electron chi connectivity index (χ3n) is 3.32. The Hall–Kier alpha value is -1.64. The minimum atomic E-state index is -4.15. The molecule has 104 valence electrons. The molecular formula is C14H12ClO4P. The molecule has 2 aliphatic rings. The van der Waals surface area contributed by atoms with Crippen molar-refractivity contribution < 1.29 is 18.1 Å². The van der Waals surface area contributed by atoms with Crippen molar-refractivity contribution in [3.8, 4) is 23.0 Å². The quantitative estimate of drug-likeness (QED) is 0.648. The predicted octanol–water partition coefficient (Wildman–Crippen LogP) is 4.91. The van der Waals surface area contributed by atoms with E-state index in [0.717, 1.165) is 11.1 Å². The number of benzene rings is 2. The first-order chi connectivity index (χ1) is 9.47. The normalized spacial score (nSPS) is 21.4. The molecule has 0 unspecified atom stereocenters. The molecule has 2 aliphatic heterocycles. The number of hydrogen-bond donors (Lipinski definition) is 0. The molecule has 20 heavy (non-hydrogen) atoms. The summed E-state index contributed by atoms with van der Waals surface area (Å²) in [6.07, 6.45) is 0. The second kappa shape index (κ2) is 3.51. The Morgan fingerprint density at radius 2 is 1.20 bits per heavy atom. The van der Waals surface area contributed by atoms with Crippen molar-refractivity contribution in [3.05, 3.63) is 47.5 Å². The predicted molar refractivity (Wildman–Crippen MR) is 77.6 cm³/mol. The third-order valence-corrected chi connectivity index (χ3v) is 6.07. The second-order valence-electron chi connectivity index (χ2n) is 4.89. The average molecular weight is 311 g/mol. The van der Waals surface area contributed by atoms with Crippen molar-refractivity contribution in [3.63, 3.8) is 0 Å². The Morgan fingerprint density at radius 3 is 1.60 bits per heavy atom. The number of halogens is 1. The van der Waals surface area contributed by atoms with E-state index in [2.05, 4.69) is 0 Å². The molecule has 2 aromatic rings. The van der Waals surface area contributed by atoms with E-state index < -0.39 is 6.86 Å². The Labute approximate surface area is 121 Å². The van der Waals surface area contributed by atoms with Gasteiger partial charge in [-0.05, 0) is 0 Å². The van der Waals surface area contributed by atoms with Crippen molar-refractivity contribution in [2.75, 3.05) is 0 Å². The summed E-state index contributed by atoms with van der Waals surface area (Å²) in [5, 5.41) is 0. The third kappa shape index (κ3) is 1.52. The van der Waals surface area contributed by atoms with E-state index in [1.165, 1.54) is 0 Å². The molecule has 1 spiro atoms. The summed E-state index contributed by atoms with van der Waals surface area (Å²) in [6.45, 7) is -0.318. The maximum absolute atomic E-state index is 6.58. The summed E-state index contributed by atoms with van der Waals surface area (Å²) in [7, 11) is 0. The van der Waals surface area contributed by atoms with Crippen LogP contribution < -0.4 is 18.1 Å². The van der Waals surface area contributed by atoms with Gasteiger partial charge < -0.3 is 0 Å². The SMILES string of the molecule is Cc1cccc2c1OP1(Cl)(O2)Oc2cccc(C)c2O1. The van der Waals surface area contributed by atoms with Gasteiger partial charge in [-0.2, -0.15) is 0 Å². The standard InChI is InChI=1S/C14H12ClO4P/c1-9-5-3-7-11-13(9)18-20(15,16-11)17-12-8-4-6-10(2)14(12)19-20/h3-8H,1-2H3. The van der Waals surface area contributed by atoms with Crippen LogP contribution in [0.4, 0.5) is 0 Å². The summed E-state index contributed by atoms with van der Waals surface area (Å²) in [4.78, 5) is 0. The van der Waals surface area contributed by atoms with Gasteiger partial charge in [-0.15, -0.1) is 0 Å². The molecule has 0 saturated heterocycles. The van der Waals surface area contributed by atoms with Crippen molar-refractivity contribution in [2.45, 2.75) is 13.8 Å². The van der Waals surface area contributed by atoms with Gasteiger partial charge in [0.05, 0.1) is 0 Å². The summed E-state index contributed by atoms with van der Waals surface area (Å²) in [5.41, 5.74) is 1.84. The molecule has 0 saturated carbocycles. The molecule has 0 aliphatic carbocycles. The first-order valence-electron chi connectivity index (χ1n) is 6.20. The molecule has 4 rings (SSSR count). The van der Waals surface area contributed by atoms with Crippen LogP contribution in [0.5, 0.6) is 23.0 Å². The van der Waals surface area contributed by atoms with Crippen LogP contribution in [0.1, 0.15) is 11.1 Å². The van der Waals surface area contributed by atoms with Crippen molar-refractivity contribution in [1.29, 1.82) is 0 Å². The van der Waals surface area contributed by atoms with Crippen LogP contribution in [-0.2, 0) is 0 Å². The van der Waals surface area contributed by atoms with Gasteiger partial charge in [0.1, 0.15) is 0 Å². The van der Waals surface area contributed by atoms with E-state index in [1.807, 2.05) is 38.1 Å². The summed E-state index contributed by atoms with van der Waals surface area (Å²) < 4.78 is 23.3. The zero-order chi connectivity index (χ0) is 14.0. The molecule has 6 heteroatoms. The fraction of sp³-hybridized carbons (Fsp3) is 0.143. The Kier molecular flexibility index (Phi) is 2.13. The van der Waals surface area contributed by atoms with Crippen LogP contribution in [0.2, 0.25) is 0 Å². The van der Waals surface area contributed by atoms with E-state index in [0.29, 0.717) is 23.0 Å². The van der Waals surface area contributed by atoms with Gasteiger partial charge in [0, 0.05) is 0 Å². The average Bonchev–Trinajstić information content (AvgIpc) is 2.86. The summed E-state index contributed by atoms with van der Waals surface area (Å²) >= 11 is 6.58. The van der Waals surface area contributed by atoms with E-state index in [1.54, 1.807) is 12.1 Å². The molecule has 0 fully saturated rings. The minimum absolute atomic E-state index is 0.545. The van der Waals surface area contributed by atoms with E-state index in [9.17, 15) is 0 Å². The molecule has 4 nitrogen and oxygen atoms in total. The number of rotatable bonds is 0. The number of fused-ring (bicyclic) bond motifs is 2. The summed E-state index contributed by atoms with van der Waals surface area (Å²) in [5.74, 6) is 2.24. The monoisotopic (exact) mass is 310 g/mol. The van der Waals surface area contributed by atoms with Gasteiger partial charge >= 0.3 is 121 Å². The van der Waals surface area contributed by atoms with Crippen LogP contribution in [0.15, 0.2) is 36.4 Å². The molecule has 0 N–H and O–H groups in total. The second-order valence-corrected chi connectivity index (χ2v) is 8.73. The van der Waals surface area contributed by atoms with Crippen molar-refractivity contribution in [1.82, 2.24) is 0 Å². The van der Waals surface area contributed by atoms with Crippen molar-refractivity contribution in [2.24, 2.45) is 0 Å². The maximum atomic E-state index is 6.58. The van der Waals surface area contributed by atoms with Crippen LogP contribution in [-0.4, -0.2) is 0 Å². The van der Waals surface area contributed by atoms with E-state index in [-0.39, 0.29) is 0 Å².